The molecule has 0 aliphatic carbocycles. The molecule has 2 amide bonds. The molecule has 0 saturated heterocycles. The van der Waals surface area contributed by atoms with E-state index in [1.165, 1.54) is 4.90 Å². The van der Waals surface area contributed by atoms with Gasteiger partial charge in [0.05, 0.1) is 12.6 Å². The van der Waals surface area contributed by atoms with Crippen molar-refractivity contribution in [1.29, 1.82) is 0 Å². The zero-order chi connectivity index (χ0) is 18.3. The van der Waals surface area contributed by atoms with Crippen molar-refractivity contribution in [2.24, 2.45) is 5.73 Å². The van der Waals surface area contributed by atoms with Crippen LogP contribution in [0.4, 0.5) is 9.59 Å². The van der Waals surface area contributed by atoms with Gasteiger partial charge in [0.15, 0.2) is 0 Å². The maximum atomic E-state index is 12.1. The third-order valence-corrected chi connectivity index (χ3v) is 2.43. The molecular formula is C15H31N3O5. The lowest BCUT2D eigenvalue weighted by atomic mass is 10.2. The normalized spacial score (nSPS) is 13.2. The van der Waals surface area contributed by atoms with Crippen LogP contribution in [0, 0.1) is 0 Å². The second-order valence-corrected chi connectivity index (χ2v) is 7.24. The molecule has 1 atom stereocenters. The number of carbonyl (C=O) groups excluding carboxylic acids is 2. The molecule has 0 fully saturated rings. The Morgan fingerprint density at radius 2 is 1.65 bits per heavy atom. The SMILES string of the molecule is CC(C)(C)OC(=O)NC(CO)CN(CCN)C(=O)OC(C)(C)C. The lowest BCUT2D eigenvalue weighted by molar-refractivity contribution is 0.0198. The molecule has 0 aromatic rings. The van der Waals surface area contributed by atoms with E-state index in [4.69, 9.17) is 15.2 Å². The molecule has 0 bridgehead atoms. The van der Waals surface area contributed by atoms with Crippen molar-refractivity contribution < 1.29 is 24.2 Å². The Balaban J connectivity index is 4.75. The summed E-state index contributed by atoms with van der Waals surface area (Å²) < 4.78 is 10.4. The average Bonchev–Trinajstić information content (AvgIpc) is 2.32. The summed E-state index contributed by atoms with van der Waals surface area (Å²) in [5.74, 6) is 0. The molecule has 0 heterocycles. The molecule has 0 radical (unpaired) electrons. The predicted octanol–water partition coefficient (Wildman–Crippen LogP) is 1.07. The third-order valence-electron chi connectivity index (χ3n) is 2.43. The highest BCUT2D eigenvalue weighted by molar-refractivity contribution is 5.69. The number of nitrogens with two attached hydrogens (primary N) is 1. The number of nitrogens with one attached hydrogen (secondary N) is 1. The first-order valence-electron chi connectivity index (χ1n) is 7.66. The summed E-state index contributed by atoms with van der Waals surface area (Å²) in [5, 5.41) is 12.0. The molecule has 0 saturated carbocycles. The molecular weight excluding hydrogens is 302 g/mol. The molecule has 0 spiro atoms. The Kier molecular flexibility index (Phi) is 8.33. The number of amides is 2. The first-order valence-corrected chi connectivity index (χ1v) is 7.66. The van der Waals surface area contributed by atoms with E-state index in [1.807, 2.05) is 0 Å². The van der Waals surface area contributed by atoms with Crippen molar-refractivity contribution in [3.63, 3.8) is 0 Å². The largest absolute Gasteiger partial charge is 0.444 e. The molecule has 0 aliphatic heterocycles. The van der Waals surface area contributed by atoms with Crippen LogP contribution >= 0.6 is 0 Å². The van der Waals surface area contributed by atoms with Crippen molar-refractivity contribution in [3.05, 3.63) is 0 Å². The summed E-state index contributed by atoms with van der Waals surface area (Å²) >= 11 is 0. The number of hydrogen-bond acceptors (Lipinski definition) is 6. The van der Waals surface area contributed by atoms with E-state index in [1.54, 1.807) is 41.5 Å². The van der Waals surface area contributed by atoms with Gasteiger partial charge in [0.25, 0.3) is 0 Å². The Morgan fingerprint density at radius 3 is 2.04 bits per heavy atom. The fourth-order valence-corrected chi connectivity index (χ4v) is 1.63. The molecule has 136 valence electrons. The maximum Gasteiger partial charge on any atom is 0.410 e. The highest BCUT2D eigenvalue weighted by Gasteiger charge is 2.26. The Bertz CT molecular complexity index is 388. The summed E-state index contributed by atoms with van der Waals surface area (Å²) in [5.41, 5.74) is 4.22. The predicted molar refractivity (Wildman–Crippen MR) is 87.1 cm³/mol. The molecule has 8 nitrogen and oxygen atoms in total. The van der Waals surface area contributed by atoms with Gasteiger partial charge in [-0.25, -0.2) is 9.59 Å². The van der Waals surface area contributed by atoms with Crippen molar-refractivity contribution in [2.75, 3.05) is 26.2 Å². The number of aliphatic hydroxyl groups excluding tert-OH is 1. The summed E-state index contributed by atoms with van der Waals surface area (Å²) in [6, 6.07) is -0.677. The number of rotatable bonds is 6. The van der Waals surface area contributed by atoms with Crippen molar-refractivity contribution in [2.45, 2.75) is 58.8 Å². The lowest BCUT2D eigenvalue weighted by Gasteiger charge is -2.30. The van der Waals surface area contributed by atoms with E-state index in [0.29, 0.717) is 0 Å². The molecule has 4 N–H and O–H groups in total. The Hall–Kier alpha value is -1.54. The van der Waals surface area contributed by atoms with E-state index in [0.717, 1.165) is 0 Å². The van der Waals surface area contributed by atoms with Gasteiger partial charge in [-0.2, -0.15) is 0 Å². The van der Waals surface area contributed by atoms with Crippen LogP contribution in [-0.4, -0.2) is 65.7 Å². The van der Waals surface area contributed by atoms with Gasteiger partial charge in [0.2, 0.25) is 0 Å². The van der Waals surface area contributed by atoms with Gasteiger partial charge in [0, 0.05) is 19.6 Å². The zero-order valence-electron chi connectivity index (χ0n) is 15.0. The number of nitrogens with zero attached hydrogens (tertiary/aromatic N) is 1. The standard InChI is InChI=1S/C15H31N3O5/c1-14(2,3)22-12(20)17-11(10-19)9-18(8-7-16)13(21)23-15(4,5)6/h11,19H,7-10,16H2,1-6H3,(H,17,20). The van der Waals surface area contributed by atoms with Gasteiger partial charge >= 0.3 is 12.2 Å². The van der Waals surface area contributed by atoms with Gasteiger partial charge < -0.3 is 30.5 Å². The zero-order valence-corrected chi connectivity index (χ0v) is 15.0. The highest BCUT2D eigenvalue weighted by Crippen LogP contribution is 2.11. The second-order valence-electron chi connectivity index (χ2n) is 7.24. The minimum atomic E-state index is -0.677. The summed E-state index contributed by atoms with van der Waals surface area (Å²) in [4.78, 5) is 25.3. The molecule has 0 aliphatic rings. The quantitative estimate of drug-likeness (QED) is 0.670. The monoisotopic (exact) mass is 333 g/mol. The van der Waals surface area contributed by atoms with Crippen LogP contribution in [0.15, 0.2) is 0 Å². The minimum absolute atomic E-state index is 0.0713. The first kappa shape index (κ1) is 21.5. The average molecular weight is 333 g/mol. The number of carbonyl (C=O) groups is 2. The van der Waals surface area contributed by atoms with Crippen LogP contribution < -0.4 is 11.1 Å². The second kappa shape index (κ2) is 8.93. The van der Waals surface area contributed by atoms with E-state index in [9.17, 15) is 14.7 Å². The number of ether oxygens (including phenoxy) is 2. The van der Waals surface area contributed by atoms with Crippen LogP contribution in [0.25, 0.3) is 0 Å². The fraction of sp³-hybridized carbons (Fsp3) is 0.867. The molecule has 0 aromatic heterocycles. The molecule has 1 unspecified atom stereocenters. The van der Waals surface area contributed by atoms with Crippen molar-refractivity contribution in [1.82, 2.24) is 10.2 Å². The first-order chi connectivity index (χ1) is 10.4. The summed E-state index contributed by atoms with van der Waals surface area (Å²) in [6.45, 7) is 10.7. The fourth-order valence-electron chi connectivity index (χ4n) is 1.63. The number of alkyl carbamates (subject to hydrolysis) is 1. The number of aliphatic hydroxyl groups is 1. The Labute approximate surface area is 138 Å². The van der Waals surface area contributed by atoms with Crippen LogP contribution in [0.3, 0.4) is 0 Å². The van der Waals surface area contributed by atoms with Crippen LogP contribution in [0.5, 0.6) is 0 Å². The minimum Gasteiger partial charge on any atom is -0.444 e. The molecule has 23 heavy (non-hydrogen) atoms. The van der Waals surface area contributed by atoms with E-state index in [2.05, 4.69) is 5.32 Å². The van der Waals surface area contributed by atoms with Crippen LogP contribution in [0.1, 0.15) is 41.5 Å². The molecule has 0 rings (SSSR count). The van der Waals surface area contributed by atoms with Crippen molar-refractivity contribution >= 4 is 12.2 Å². The van der Waals surface area contributed by atoms with Crippen LogP contribution in [0.2, 0.25) is 0 Å². The molecule has 0 aromatic carbocycles. The van der Waals surface area contributed by atoms with Gasteiger partial charge in [-0.05, 0) is 41.5 Å². The third kappa shape index (κ3) is 10.8. The topological polar surface area (TPSA) is 114 Å². The smallest absolute Gasteiger partial charge is 0.410 e. The van der Waals surface area contributed by atoms with E-state index >= 15 is 0 Å². The summed E-state index contributed by atoms with van der Waals surface area (Å²) in [7, 11) is 0. The van der Waals surface area contributed by atoms with Crippen molar-refractivity contribution in [3.8, 4) is 0 Å². The molecule has 8 heteroatoms. The lowest BCUT2D eigenvalue weighted by Crippen LogP contribution is -2.50. The highest BCUT2D eigenvalue weighted by atomic mass is 16.6. The maximum absolute atomic E-state index is 12.1. The van der Waals surface area contributed by atoms with E-state index in [-0.39, 0.29) is 26.2 Å². The Morgan fingerprint density at radius 1 is 1.13 bits per heavy atom. The van der Waals surface area contributed by atoms with Gasteiger partial charge in [0.1, 0.15) is 11.2 Å². The summed E-state index contributed by atoms with van der Waals surface area (Å²) in [6.07, 6.45) is -1.21. The van der Waals surface area contributed by atoms with Crippen LogP contribution in [-0.2, 0) is 9.47 Å². The van der Waals surface area contributed by atoms with Gasteiger partial charge in [-0.15, -0.1) is 0 Å². The van der Waals surface area contributed by atoms with E-state index < -0.39 is 29.4 Å². The number of hydrogen-bond donors (Lipinski definition) is 3. The van der Waals surface area contributed by atoms with Gasteiger partial charge in [-0.3, -0.25) is 0 Å². The van der Waals surface area contributed by atoms with Gasteiger partial charge in [-0.1, -0.05) is 0 Å².